The molecule has 0 radical (unpaired) electrons. The van der Waals surface area contributed by atoms with Crippen LogP contribution in [0.4, 0.5) is 0 Å². The average Bonchev–Trinajstić information content (AvgIpc) is 2.42. The topological polar surface area (TPSA) is 9.23 Å². The Morgan fingerprint density at radius 1 is 0.889 bits per heavy atom. The summed E-state index contributed by atoms with van der Waals surface area (Å²) in [5.74, 6) is 0.483. The summed E-state index contributed by atoms with van der Waals surface area (Å²) in [5, 5.41) is 0.725. The molecule has 1 nitrogen and oxygen atoms in total. The van der Waals surface area contributed by atoms with Crippen molar-refractivity contribution in [3.8, 4) is 0 Å². The van der Waals surface area contributed by atoms with E-state index < -0.39 is 0 Å². The van der Waals surface area contributed by atoms with E-state index in [0.717, 1.165) is 16.1 Å². The zero-order valence-corrected chi connectivity index (χ0v) is 11.4. The second-order valence-corrected chi connectivity index (χ2v) is 4.72. The lowest BCUT2D eigenvalue weighted by Crippen LogP contribution is -2.08. The quantitative estimate of drug-likeness (QED) is 0.723. The first-order valence-electron chi connectivity index (χ1n) is 5.79. The third kappa shape index (κ3) is 3.49. The Morgan fingerprint density at radius 3 is 2.11 bits per heavy atom. The smallest absolute Gasteiger partial charge is 0.108 e. The van der Waals surface area contributed by atoms with Crippen LogP contribution in [0.3, 0.4) is 0 Å². The van der Waals surface area contributed by atoms with E-state index in [1.54, 1.807) is 0 Å². The highest BCUT2D eigenvalue weighted by Gasteiger charge is 2.13. The third-order valence-corrected chi connectivity index (χ3v) is 3.04. The van der Waals surface area contributed by atoms with Gasteiger partial charge in [-0.15, -0.1) is 11.6 Å². The molecule has 0 aliphatic rings. The Kier molecular flexibility index (Phi) is 5.06. The van der Waals surface area contributed by atoms with Crippen molar-refractivity contribution in [3.05, 3.63) is 70.7 Å². The lowest BCUT2D eigenvalue weighted by atomic mass is 10.0. The van der Waals surface area contributed by atoms with Crippen LogP contribution in [0.5, 0.6) is 0 Å². The lowest BCUT2D eigenvalue weighted by Gasteiger charge is -2.18. The van der Waals surface area contributed by atoms with Crippen LogP contribution in [0.25, 0.3) is 0 Å². The molecule has 1 atom stereocenters. The highest BCUT2D eigenvalue weighted by Crippen LogP contribution is 2.26. The molecule has 0 saturated heterocycles. The fourth-order valence-corrected chi connectivity index (χ4v) is 2.03. The first-order chi connectivity index (χ1) is 8.81. The van der Waals surface area contributed by atoms with Crippen LogP contribution in [0.15, 0.2) is 54.6 Å². The minimum atomic E-state index is -0.0952. The van der Waals surface area contributed by atoms with E-state index in [2.05, 4.69) is 0 Å². The molecule has 0 spiro atoms. The van der Waals surface area contributed by atoms with Gasteiger partial charge in [0.1, 0.15) is 6.10 Å². The summed E-state index contributed by atoms with van der Waals surface area (Å²) in [4.78, 5) is 0. The maximum atomic E-state index is 5.90. The first kappa shape index (κ1) is 13.4. The number of ether oxygens (including phenoxy) is 1. The third-order valence-electron chi connectivity index (χ3n) is 2.64. The van der Waals surface area contributed by atoms with Crippen molar-refractivity contribution in [2.45, 2.75) is 6.10 Å². The Morgan fingerprint density at radius 2 is 1.50 bits per heavy atom. The van der Waals surface area contributed by atoms with Gasteiger partial charge in [0.25, 0.3) is 0 Å². The number of halogens is 2. The molecule has 1 unspecified atom stereocenters. The maximum Gasteiger partial charge on any atom is 0.108 e. The monoisotopic (exact) mass is 280 g/mol. The summed E-state index contributed by atoms with van der Waals surface area (Å²) in [6, 6.07) is 17.8. The van der Waals surface area contributed by atoms with Crippen LogP contribution in [-0.2, 0) is 4.74 Å². The molecule has 2 aromatic rings. The molecule has 0 saturated carbocycles. The molecule has 0 aliphatic heterocycles. The van der Waals surface area contributed by atoms with Crippen molar-refractivity contribution in [1.82, 2.24) is 0 Å². The average molecular weight is 281 g/mol. The number of benzene rings is 2. The molecule has 94 valence electrons. The molecule has 2 aromatic carbocycles. The van der Waals surface area contributed by atoms with E-state index in [1.807, 2.05) is 54.6 Å². The van der Waals surface area contributed by atoms with Gasteiger partial charge < -0.3 is 4.74 Å². The summed E-state index contributed by atoms with van der Waals surface area (Å²) in [6.45, 7) is 0.518. The molecule has 3 heteroatoms. The highest BCUT2D eigenvalue weighted by molar-refractivity contribution is 6.30. The molecule has 0 aromatic heterocycles. The van der Waals surface area contributed by atoms with Gasteiger partial charge in [-0.3, -0.25) is 0 Å². The molecule has 0 N–H and O–H groups in total. The van der Waals surface area contributed by atoms with E-state index in [4.69, 9.17) is 27.9 Å². The normalized spacial score (nSPS) is 12.3. The molecule has 2 rings (SSSR count). The highest BCUT2D eigenvalue weighted by atomic mass is 35.5. The molecule has 0 fully saturated rings. The van der Waals surface area contributed by atoms with Crippen LogP contribution < -0.4 is 0 Å². The number of hydrogen-bond acceptors (Lipinski definition) is 1. The Bertz CT molecular complexity index is 468. The lowest BCUT2D eigenvalue weighted by molar-refractivity contribution is 0.0929. The van der Waals surface area contributed by atoms with Crippen molar-refractivity contribution >= 4 is 23.2 Å². The van der Waals surface area contributed by atoms with Crippen LogP contribution in [0.1, 0.15) is 17.2 Å². The van der Waals surface area contributed by atoms with Gasteiger partial charge in [-0.05, 0) is 23.3 Å². The number of rotatable bonds is 5. The van der Waals surface area contributed by atoms with E-state index >= 15 is 0 Å². The molecular weight excluding hydrogens is 267 g/mol. The van der Waals surface area contributed by atoms with Crippen LogP contribution >= 0.6 is 23.2 Å². The van der Waals surface area contributed by atoms with Gasteiger partial charge in [-0.25, -0.2) is 0 Å². The van der Waals surface area contributed by atoms with Gasteiger partial charge >= 0.3 is 0 Å². The standard InChI is InChI=1S/C15H14Cl2O/c16-10-11-18-15(12-4-2-1-3-5-12)13-6-8-14(17)9-7-13/h1-9,15H,10-11H2. The van der Waals surface area contributed by atoms with Crippen molar-refractivity contribution in [2.24, 2.45) is 0 Å². The number of alkyl halides is 1. The SMILES string of the molecule is ClCCOC(c1ccccc1)c1ccc(Cl)cc1. The molecular formula is C15H14Cl2O. The van der Waals surface area contributed by atoms with Gasteiger partial charge in [-0.2, -0.15) is 0 Å². The van der Waals surface area contributed by atoms with Crippen LogP contribution in [-0.4, -0.2) is 12.5 Å². The minimum absolute atomic E-state index is 0.0952. The van der Waals surface area contributed by atoms with Crippen molar-refractivity contribution in [1.29, 1.82) is 0 Å². The second-order valence-electron chi connectivity index (χ2n) is 3.90. The predicted octanol–water partition coefficient (Wildman–Crippen LogP) is 4.68. The van der Waals surface area contributed by atoms with E-state index in [1.165, 1.54) is 0 Å². The van der Waals surface area contributed by atoms with E-state index in [0.29, 0.717) is 12.5 Å². The van der Waals surface area contributed by atoms with Crippen molar-refractivity contribution < 1.29 is 4.74 Å². The number of hydrogen-bond donors (Lipinski definition) is 0. The Labute approximate surface area is 117 Å². The predicted molar refractivity (Wildman–Crippen MR) is 76.4 cm³/mol. The van der Waals surface area contributed by atoms with Crippen molar-refractivity contribution in [3.63, 3.8) is 0 Å². The molecule has 0 amide bonds. The summed E-state index contributed by atoms with van der Waals surface area (Å²) in [6.07, 6.45) is -0.0952. The minimum Gasteiger partial charge on any atom is -0.368 e. The Balaban J connectivity index is 2.27. The molecule has 0 heterocycles. The molecule has 18 heavy (non-hydrogen) atoms. The fraction of sp³-hybridized carbons (Fsp3) is 0.200. The Hall–Kier alpha value is -1.02. The van der Waals surface area contributed by atoms with E-state index in [9.17, 15) is 0 Å². The molecule has 0 bridgehead atoms. The van der Waals surface area contributed by atoms with Gasteiger partial charge in [-0.1, -0.05) is 54.1 Å². The first-order valence-corrected chi connectivity index (χ1v) is 6.70. The van der Waals surface area contributed by atoms with Gasteiger partial charge in [0.05, 0.1) is 6.61 Å². The van der Waals surface area contributed by atoms with Gasteiger partial charge in [0.2, 0.25) is 0 Å². The maximum absolute atomic E-state index is 5.90. The molecule has 0 aliphatic carbocycles. The fourth-order valence-electron chi connectivity index (χ4n) is 1.81. The second kappa shape index (κ2) is 6.79. The summed E-state index contributed by atoms with van der Waals surface area (Å²) < 4.78 is 5.83. The zero-order chi connectivity index (χ0) is 12.8. The summed E-state index contributed by atoms with van der Waals surface area (Å²) in [5.41, 5.74) is 2.20. The van der Waals surface area contributed by atoms with E-state index in [-0.39, 0.29) is 6.10 Å². The van der Waals surface area contributed by atoms with Crippen LogP contribution in [0.2, 0.25) is 5.02 Å². The van der Waals surface area contributed by atoms with Gasteiger partial charge in [0.15, 0.2) is 0 Å². The summed E-state index contributed by atoms with van der Waals surface area (Å²) >= 11 is 11.6. The summed E-state index contributed by atoms with van der Waals surface area (Å²) in [7, 11) is 0. The zero-order valence-electron chi connectivity index (χ0n) is 9.85. The van der Waals surface area contributed by atoms with Crippen molar-refractivity contribution in [2.75, 3.05) is 12.5 Å². The largest absolute Gasteiger partial charge is 0.368 e. The van der Waals surface area contributed by atoms with Gasteiger partial charge in [0, 0.05) is 10.9 Å². The van der Waals surface area contributed by atoms with Crippen LogP contribution in [0, 0.1) is 0 Å².